The predicted octanol–water partition coefficient (Wildman–Crippen LogP) is 16.5. The number of fused-ring (bicyclic) bond motifs is 11. The van der Waals surface area contributed by atoms with Crippen LogP contribution in [0.2, 0.25) is 0 Å². The molecular formula is C58H36N2O2. The van der Waals surface area contributed by atoms with Gasteiger partial charge < -0.3 is 18.3 Å². The fraction of sp³-hybridized carbons (Fsp3) is 0. The molecule has 0 saturated heterocycles. The zero-order valence-corrected chi connectivity index (χ0v) is 33.5. The number of anilines is 3. The highest BCUT2D eigenvalue weighted by Gasteiger charge is 2.20. The summed E-state index contributed by atoms with van der Waals surface area (Å²) < 4.78 is 15.5. The van der Waals surface area contributed by atoms with Crippen molar-refractivity contribution in [2.24, 2.45) is 0 Å². The molecule has 0 saturated carbocycles. The van der Waals surface area contributed by atoms with E-state index < -0.39 is 0 Å². The molecule has 10 aromatic carbocycles. The van der Waals surface area contributed by atoms with Crippen molar-refractivity contribution in [3.8, 4) is 27.9 Å². The highest BCUT2D eigenvalue weighted by atomic mass is 16.3. The number of hydrogen-bond donors (Lipinski definition) is 0. The predicted molar refractivity (Wildman–Crippen MR) is 258 cm³/mol. The van der Waals surface area contributed by atoms with Gasteiger partial charge in [-0.15, -0.1) is 0 Å². The maximum atomic E-state index is 6.61. The molecule has 4 nitrogen and oxygen atoms in total. The Morgan fingerprint density at radius 3 is 1.79 bits per heavy atom. The summed E-state index contributed by atoms with van der Waals surface area (Å²) in [6.07, 6.45) is 0. The molecule has 3 heterocycles. The van der Waals surface area contributed by atoms with Gasteiger partial charge in [-0.2, -0.15) is 0 Å². The highest BCUT2D eigenvalue weighted by Crippen LogP contribution is 2.44. The number of rotatable bonds is 6. The van der Waals surface area contributed by atoms with Crippen LogP contribution in [-0.2, 0) is 0 Å². The summed E-state index contributed by atoms with van der Waals surface area (Å²) in [5, 5.41) is 9.23. The molecule has 62 heavy (non-hydrogen) atoms. The Balaban J connectivity index is 0.969. The Hall–Kier alpha value is -8.34. The monoisotopic (exact) mass is 792 g/mol. The molecule has 0 radical (unpaired) electrons. The van der Waals surface area contributed by atoms with Crippen molar-refractivity contribution < 1.29 is 8.83 Å². The van der Waals surface area contributed by atoms with E-state index in [1.807, 2.05) is 12.1 Å². The molecule has 0 aliphatic carbocycles. The quantitative estimate of drug-likeness (QED) is 0.168. The minimum absolute atomic E-state index is 0.850. The standard InChI is InChI=1S/C58H36N2O2/c1-2-17-45-37(13-1)29-33-50-57-44(21-12-26-55(57)62-58(45)50)39-14-11-15-41(35-39)59(42-32-34-49-48-20-6-10-25-54(48)61-56(49)36-42)40-30-27-38(28-31-40)43-16-3-7-22-51(43)60-52-23-8-4-18-46(52)47-19-5-9-24-53(47)60/h1-36H. The van der Waals surface area contributed by atoms with Gasteiger partial charge in [-0.1, -0.05) is 140 Å². The van der Waals surface area contributed by atoms with Crippen LogP contribution in [0.15, 0.2) is 227 Å². The third-order valence-electron chi connectivity index (χ3n) is 12.6. The Morgan fingerprint density at radius 2 is 0.952 bits per heavy atom. The van der Waals surface area contributed by atoms with Crippen molar-refractivity contribution >= 4 is 93.5 Å². The summed E-state index contributed by atoms with van der Waals surface area (Å²) in [7, 11) is 0. The third kappa shape index (κ3) is 5.27. The van der Waals surface area contributed by atoms with Crippen molar-refractivity contribution in [2.45, 2.75) is 0 Å². The molecule has 0 fully saturated rings. The first-order valence-corrected chi connectivity index (χ1v) is 21.1. The lowest BCUT2D eigenvalue weighted by Gasteiger charge is -2.26. The van der Waals surface area contributed by atoms with Crippen LogP contribution in [0.1, 0.15) is 0 Å². The molecule has 13 aromatic rings. The van der Waals surface area contributed by atoms with E-state index in [1.165, 1.54) is 27.2 Å². The number of para-hydroxylation sites is 4. The van der Waals surface area contributed by atoms with Gasteiger partial charge in [-0.25, -0.2) is 0 Å². The lowest BCUT2D eigenvalue weighted by atomic mass is 9.97. The molecule has 0 unspecified atom stereocenters. The van der Waals surface area contributed by atoms with Gasteiger partial charge in [0.2, 0.25) is 0 Å². The second-order valence-electron chi connectivity index (χ2n) is 16.0. The summed E-state index contributed by atoms with van der Waals surface area (Å²) >= 11 is 0. The largest absolute Gasteiger partial charge is 0.456 e. The van der Waals surface area contributed by atoms with Gasteiger partial charge in [0, 0.05) is 66.4 Å². The van der Waals surface area contributed by atoms with Gasteiger partial charge in [0.15, 0.2) is 0 Å². The molecule has 0 atom stereocenters. The number of aromatic nitrogens is 1. The number of furan rings is 2. The molecular weight excluding hydrogens is 757 g/mol. The van der Waals surface area contributed by atoms with Crippen LogP contribution in [0.3, 0.4) is 0 Å². The molecule has 4 heteroatoms. The van der Waals surface area contributed by atoms with E-state index >= 15 is 0 Å². The fourth-order valence-corrected chi connectivity index (χ4v) is 9.79. The van der Waals surface area contributed by atoms with Crippen molar-refractivity contribution in [2.75, 3.05) is 4.90 Å². The molecule has 3 aromatic heterocycles. The Bertz CT molecular complexity index is 3830. The van der Waals surface area contributed by atoms with Crippen LogP contribution in [0.25, 0.3) is 104 Å². The van der Waals surface area contributed by atoms with Crippen LogP contribution in [0.5, 0.6) is 0 Å². The minimum atomic E-state index is 0.850. The average molecular weight is 793 g/mol. The van der Waals surface area contributed by atoms with E-state index in [1.54, 1.807) is 0 Å². The summed E-state index contributed by atoms with van der Waals surface area (Å²) in [5.41, 5.74) is 14.7. The lowest BCUT2D eigenvalue weighted by molar-refractivity contribution is 0.669. The van der Waals surface area contributed by atoms with E-state index in [0.29, 0.717) is 0 Å². The Labute approximate surface area is 356 Å². The first kappa shape index (κ1) is 34.5. The number of nitrogens with zero attached hydrogens (tertiary/aromatic N) is 2. The first-order chi connectivity index (χ1) is 30.7. The van der Waals surface area contributed by atoms with Crippen LogP contribution in [0.4, 0.5) is 17.1 Å². The first-order valence-electron chi connectivity index (χ1n) is 21.1. The topological polar surface area (TPSA) is 34.5 Å². The summed E-state index contributed by atoms with van der Waals surface area (Å²) in [4.78, 5) is 2.33. The SMILES string of the molecule is c1cc(-c2cccc3oc4c5ccccc5ccc4c23)cc(N(c2ccc(-c3ccccc3-n3c4ccccc4c4ccccc43)cc2)c2ccc3c(c2)oc2ccccc23)c1. The van der Waals surface area contributed by atoms with E-state index in [4.69, 9.17) is 8.83 Å². The van der Waals surface area contributed by atoms with Crippen LogP contribution >= 0.6 is 0 Å². The van der Waals surface area contributed by atoms with Crippen molar-refractivity contribution in [3.63, 3.8) is 0 Å². The van der Waals surface area contributed by atoms with Gasteiger partial charge in [0.25, 0.3) is 0 Å². The molecule has 0 N–H and O–H groups in total. The molecule has 0 spiro atoms. The van der Waals surface area contributed by atoms with Crippen molar-refractivity contribution in [3.05, 3.63) is 218 Å². The molecule has 0 aliphatic rings. The maximum Gasteiger partial charge on any atom is 0.143 e. The summed E-state index contributed by atoms with van der Waals surface area (Å²) in [6.45, 7) is 0. The van der Waals surface area contributed by atoms with Crippen LogP contribution in [-0.4, -0.2) is 4.57 Å². The lowest BCUT2D eigenvalue weighted by Crippen LogP contribution is -2.10. The van der Waals surface area contributed by atoms with Crippen molar-refractivity contribution in [1.82, 2.24) is 4.57 Å². The van der Waals surface area contributed by atoms with Gasteiger partial charge >= 0.3 is 0 Å². The molecule has 0 bridgehead atoms. The van der Waals surface area contributed by atoms with E-state index in [-0.39, 0.29) is 0 Å². The van der Waals surface area contributed by atoms with E-state index in [9.17, 15) is 0 Å². The van der Waals surface area contributed by atoms with Crippen LogP contribution < -0.4 is 4.90 Å². The molecule has 290 valence electrons. The van der Waals surface area contributed by atoms with Crippen molar-refractivity contribution in [1.29, 1.82) is 0 Å². The van der Waals surface area contributed by atoms with Gasteiger partial charge in [-0.05, 0) is 94.9 Å². The third-order valence-corrected chi connectivity index (χ3v) is 12.6. The Morgan fingerprint density at radius 1 is 0.339 bits per heavy atom. The van der Waals surface area contributed by atoms with E-state index in [2.05, 4.69) is 216 Å². The second kappa shape index (κ2) is 13.6. The maximum absolute atomic E-state index is 6.61. The summed E-state index contributed by atoms with van der Waals surface area (Å²) in [5.74, 6) is 0. The number of hydrogen-bond acceptors (Lipinski definition) is 3. The van der Waals surface area contributed by atoms with Crippen LogP contribution in [0, 0.1) is 0 Å². The fourth-order valence-electron chi connectivity index (χ4n) is 9.79. The molecule has 0 aliphatic heterocycles. The smallest absolute Gasteiger partial charge is 0.143 e. The molecule has 0 amide bonds. The highest BCUT2D eigenvalue weighted by molar-refractivity contribution is 6.19. The number of benzene rings is 10. The van der Waals surface area contributed by atoms with Gasteiger partial charge in [-0.3, -0.25) is 0 Å². The Kier molecular flexibility index (Phi) is 7.57. The normalized spacial score (nSPS) is 11.9. The average Bonchev–Trinajstić information content (AvgIpc) is 4.02. The second-order valence-corrected chi connectivity index (χ2v) is 16.0. The zero-order valence-electron chi connectivity index (χ0n) is 33.5. The van der Waals surface area contributed by atoms with E-state index in [0.717, 1.165) is 94.3 Å². The minimum Gasteiger partial charge on any atom is -0.456 e. The summed E-state index contributed by atoms with van der Waals surface area (Å²) in [6, 6.07) is 78.0. The van der Waals surface area contributed by atoms with Gasteiger partial charge in [0.1, 0.15) is 22.3 Å². The zero-order chi connectivity index (χ0) is 40.7. The van der Waals surface area contributed by atoms with Gasteiger partial charge in [0.05, 0.1) is 16.7 Å². The molecule has 13 rings (SSSR count).